The van der Waals surface area contributed by atoms with Crippen molar-refractivity contribution in [3.05, 3.63) is 69.2 Å². The van der Waals surface area contributed by atoms with Crippen LogP contribution < -0.4 is 0 Å². The van der Waals surface area contributed by atoms with Gasteiger partial charge in [0.25, 0.3) is 0 Å². The van der Waals surface area contributed by atoms with Crippen LogP contribution in [0.4, 0.5) is 0 Å². The third kappa shape index (κ3) is 4.28. The van der Waals surface area contributed by atoms with Crippen LogP contribution in [0.5, 0.6) is 0 Å². The molecule has 0 unspecified atom stereocenters. The predicted molar refractivity (Wildman–Crippen MR) is 98.2 cm³/mol. The first-order valence-corrected chi connectivity index (χ1v) is 8.78. The van der Waals surface area contributed by atoms with Gasteiger partial charge in [-0.2, -0.15) is 5.26 Å². The summed E-state index contributed by atoms with van der Waals surface area (Å²) in [4.78, 5) is 4.83. The Balaban J connectivity index is 1.54. The van der Waals surface area contributed by atoms with Crippen LogP contribution in [0.2, 0.25) is 10.0 Å². The summed E-state index contributed by atoms with van der Waals surface area (Å²) in [5.41, 5.74) is 3.07. The van der Waals surface area contributed by atoms with Crippen LogP contribution >= 0.6 is 23.2 Å². The number of piperazine rings is 1. The van der Waals surface area contributed by atoms with E-state index in [4.69, 9.17) is 23.2 Å². The van der Waals surface area contributed by atoms with Crippen LogP contribution in [0.25, 0.3) is 0 Å². The molecule has 0 N–H and O–H groups in total. The van der Waals surface area contributed by atoms with Crippen molar-refractivity contribution >= 4 is 23.2 Å². The van der Waals surface area contributed by atoms with Crippen LogP contribution in [-0.4, -0.2) is 36.0 Å². The third-order valence-electron chi connectivity index (χ3n) is 4.39. The average Bonchev–Trinajstić information content (AvgIpc) is 2.60. The van der Waals surface area contributed by atoms with Crippen LogP contribution in [-0.2, 0) is 13.1 Å². The van der Waals surface area contributed by atoms with Gasteiger partial charge in [-0.1, -0.05) is 47.5 Å². The zero-order valence-corrected chi connectivity index (χ0v) is 14.9. The molecule has 24 heavy (non-hydrogen) atoms. The lowest BCUT2D eigenvalue weighted by molar-refractivity contribution is 0.122. The van der Waals surface area contributed by atoms with Gasteiger partial charge in [-0.05, 0) is 29.3 Å². The van der Waals surface area contributed by atoms with E-state index in [-0.39, 0.29) is 0 Å². The van der Waals surface area contributed by atoms with E-state index in [1.54, 1.807) is 0 Å². The van der Waals surface area contributed by atoms with Gasteiger partial charge in [-0.3, -0.25) is 9.80 Å². The lowest BCUT2D eigenvalue weighted by atomic mass is 10.1. The summed E-state index contributed by atoms with van der Waals surface area (Å²) in [6.45, 7) is 5.75. The van der Waals surface area contributed by atoms with Crippen LogP contribution in [0.15, 0.2) is 42.5 Å². The number of nitriles is 1. The minimum atomic E-state index is 0.599. The molecule has 0 saturated carbocycles. The monoisotopic (exact) mass is 359 g/mol. The summed E-state index contributed by atoms with van der Waals surface area (Å²) in [6.07, 6.45) is 0. The van der Waals surface area contributed by atoms with E-state index in [1.165, 1.54) is 5.56 Å². The third-order valence-corrected chi connectivity index (χ3v) is 5.13. The maximum Gasteiger partial charge on any atom is 0.0995 e. The standard InChI is InChI=1S/C19H19Cl2N3/c20-18-6-5-15(11-19(18)21)13-23-7-9-24(10-8-23)14-17-4-2-1-3-16(17)12-22/h1-6,11H,7-10,13-14H2. The molecule has 1 heterocycles. The Hall–Kier alpha value is -1.57. The van der Waals surface area contributed by atoms with Crippen molar-refractivity contribution in [1.29, 1.82) is 5.26 Å². The Labute approximate surface area is 153 Å². The largest absolute Gasteiger partial charge is 0.297 e. The number of rotatable bonds is 4. The summed E-state index contributed by atoms with van der Waals surface area (Å²) < 4.78 is 0. The van der Waals surface area contributed by atoms with Gasteiger partial charge in [0.15, 0.2) is 0 Å². The Morgan fingerprint density at radius 3 is 2.21 bits per heavy atom. The highest BCUT2D eigenvalue weighted by Gasteiger charge is 2.18. The van der Waals surface area contributed by atoms with Gasteiger partial charge in [0, 0.05) is 39.3 Å². The number of hydrogen-bond donors (Lipinski definition) is 0. The molecule has 1 fully saturated rings. The maximum absolute atomic E-state index is 9.20. The molecule has 1 saturated heterocycles. The lowest BCUT2D eigenvalue weighted by Crippen LogP contribution is -2.45. The van der Waals surface area contributed by atoms with E-state index in [9.17, 15) is 5.26 Å². The number of hydrogen-bond acceptors (Lipinski definition) is 3. The Kier molecular flexibility index (Phi) is 5.76. The van der Waals surface area contributed by atoms with E-state index < -0.39 is 0 Å². The molecule has 0 bridgehead atoms. The average molecular weight is 360 g/mol. The molecule has 0 atom stereocenters. The number of halogens is 2. The van der Waals surface area contributed by atoms with E-state index in [0.29, 0.717) is 10.0 Å². The van der Waals surface area contributed by atoms with Crippen LogP contribution in [0.1, 0.15) is 16.7 Å². The summed E-state index contributed by atoms with van der Waals surface area (Å²) in [6, 6.07) is 15.9. The van der Waals surface area contributed by atoms with E-state index in [1.807, 2.05) is 42.5 Å². The Morgan fingerprint density at radius 1 is 0.875 bits per heavy atom. The van der Waals surface area contributed by atoms with Crippen LogP contribution in [0, 0.1) is 11.3 Å². The highest BCUT2D eigenvalue weighted by atomic mass is 35.5. The first-order chi connectivity index (χ1) is 11.7. The first-order valence-electron chi connectivity index (χ1n) is 8.02. The fourth-order valence-corrected chi connectivity index (χ4v) is 3.33. The van der Waals surface area contributed by atoms with Gasteiger partial charge in [0.1, 0.15) is 0 Å². The Bertz CT molecular complexity index is 747. The Morgan fingerprint density at radius 2 is 1.54 bits per heavy atom. The zero-order chi connectivity index (χ0) is 16.9. The van der Waals surface area contributed by atoms with Gasteiger partial charge in [-0.25, -0.2) is 0 Å². The second kappa shape index (κ2) is 8.00. The minimum Gasteiger partial charge on any atom is -0.297 e. The molecule has 3 nitrogen and oxygen atoms in total. The highest BCUT2D eigenvalue weighted by molar-refractivity contribution is 6.42. The second-order valence-electron chi connectivity index (χ2n) is 6.07. The van der Waals surface area contributed by atoms with Crippen molar-refractivity contribution in [3.8, 4) is 6.07 Å². The van der Waals surface area contributed by atoms with Crippen molar-refractivity contribution in [2.24, 2.45) is 0 Å². The SMILES string of the molecule is N#Cc1ccccc1CN1CCN(Cc2ccc(Cl)c(Cl)c2)CC1. The molecular formula is C19H19Cl2N3. The number of benzene rings is 2. The fraction of sp³-hybridized carbons (Fsp3) is 0.316. The molecule has 1 aliphatic rings. The highest BCUT2D eigenvalue weighted by Crippen LogP contribution is 2.23. The second-order valence-corrected chi connectivity index (χ2v) is 6.88. The van der Waals surface area contributed by atoms with Crippen molar-refractivity contribution < 1.29 is 0 Å². The molecule has 0 aromatic heterocycles. The molecule has 0 radical (unpaired) electrons. The number of nitrogens with zero attached hydrogens (tertiary/aromatic N) is 3. The molecule has 2 aromatic carbocycles. The van der Waals surface area contributed by atoms with Gasteiger partial charge >= 0.3 is 0 Å². The van der Waals surface area contributed by atoms with E-state index in [0.717, 1.165) is 50.4 Å². The van der Waals surface area contributed by atoms with E-state index in [2.05, 4.69) is 15.9 Å². The van der Waals surface area contributed by atoms with Crippen molar-refractivity contribution in [3.63, 3.8) is 0 Å². The summed E-state index contributed by atoms with van der Waals surface area (Å²) in [5, 5.41) is 10.4. The van der Waals surface area contributed by atoms with Crippen molar-refractivity contribution in [2.45, 2.75) is 13.1 Å². The summed E-state index contributed by atoms with van der Waals surface area (Å²) in [5.74, 6) is 0. The molecule has 1 aliphatic heterocycles. The maximum atomic E-state index is 9.20. The predicted octanol–water partition coefficient (Wildman–Crippen LogP) is 4.18. The fourth-order valence-electron chi connectivity index (χ4n) is 3.01. The van der Waals surface area contributed by atoms with Gasteiger partial charge < -0.3 is 0 Å². The summed E-state index contributed by atoms with van der Waals surface area (Å²) >= 11 is 12.1. The molecule has 0 amide bonds. The zero-order valence-electron chi connectivity index (χ0n) is 13.4. The van der Waals surface area contributed by atoms with E-state index >= 15 is 0 Å². The lowest BCUT2D eigenvalue weighted by Gasteiger charge is -2.35. The molecule has 0 spiro atoms. The topological polar surface area (TPSA) is 30.3 Å². The molecular weight excluding hydrogens is 341 g/mol. The first kappa shape index (κ1) is 17.3. The molecule has 124 valence electrons. The molecule has 3 rings (SSSR count). The van der Waals surface area contributed by atoms with Crippen LogP contribution in [0.3, 0.4) is 0 Å². The smallest absolute Gasteiger partial charge is 0.0995 e. The van der Waals surface area contributed by atoms with Gasteiger partial charge in [0.05, 0.1) is 21.7 Å². The van der Waals surface area contributed by atoms with Crippen molar-refractivity contribution in [1.82, 2.24) is 9.80 Å². The quantitative estimate of drug-likeness (QED) is 0.819. The molecule has 5 heteroatoms. The van der Waals surface area contributed by atoms with Gasteiger partial charge in [-0.15, -0.1) is 0 Å². The minimum absolute atomic E-state index is 0.599. The normalized spacial score (nSPS) is 16.0. The summed E-state index contributed by atoms with van der Waals surface area (Å²) in [7, 11) is 0. The molecule has 2 aromatic rings. The molecule has 0 aliphatic carbocycles. The van der Waals surface area contributed by atoms with Crippen molar-refractivity contribution in [2.75, 3.05) is 26.2 Å². The van der Waals surface area contributed by atoms with Gasteiger partial charge in [0.2, 0.25) is 0 Å².